The van der Waals surface area contributed by atoms with Crippen LogP contribution in [0.2, 0.25) is 5.02 Å². The van der Waals surface area contributed by atoms with Gasteiger partial charge >= 0.3 is 0 Å². The monoisotopic (exact) mass is 321 g/mol. The van der Waals surface area contributed by atoms with Crippen molar-refractivity contribution in [3.8, 4) is 0 Å². The van der Waals surface area contributed by atoms with E-state index >= 15 is 0 Å². The number of likely N-dealkylation sites (N-methyl/N-ethyl adjacent to an activating group) is 1. The maximum atomic E-state index is 13.2. The minimum absolute atomic E-state index is 0.199. The van der Waals surface area contributed by atoms with Crippen LogP contribution in [0.15, 0.2) is 47.4 Å². The molecular formula is C17H17ClFNS. The van der Waals surface area contributed by atoms with E-state index in [0.717, 1.165) is 18.4 Å². The summed E-state index contributed by atoms with van der Waals surface area (Å²) in [5.41, 5.74) is 2.49. The largest absolute Gasteiger partial charge is 0.316 e. The fourth-order valence-corrected chi connectivity index (χ4v) is 4.42. The molecule has 2 aromatic rings. The molecule has 0 amide bonds. The third-order valence-corrected chi connectivity index (χ3v) is 5.67. The second-order valence-electron chi connectivity index (χ2n) is 5.32. The Morgan fingerprint density at radius 1 is 1.33 bits per heavy atom. The zero-order chi connectivity index (χ0) is 14.8. The van der Waals surface area contributed by atoms with Crippen LogP contribution in [-0.4, -0.2) is 18.3 Å². The molecule has 110 valence electrons. The number of hydrogen-bond acceptors (Lipinski definition) is 2. The van der Waals surface area contributed by atoms with Gasteiger partial charge in [-0.1, -0.05) is 35.9 Å². The maximum Gasteiger partial charge on any atom is 0.141 e. The molecule has 1 aliphatic heterocycles. The molecule has 0 radical (unpaired) electrons. The summed E-state index contributed by atoms with van der Waals surface area (Å²) in [6.45, 7) is 0. The second-order valence-corrected chi connectivity index (χ2v) is 7.00. The number of rotatable bonds is 4. The molecule has 0 saturated carbocycles. The summed E-state index contributed by atoms with van der Waals surface area (Å²) in [7, 11) is 1.99. The molecule has 0 aromatic heterocycles. The second kappa shape index (κ2) is 6.39. The molecule has 3 rings (SSSR count). The van der Waals surface area contributed by atoms with Crippen molar-refractivity contribution in [3.63, 3.8) is 0 Å². The SMILES string of the molecule is CNC(Cc1ccc(F)c(Cl)c1)C1Cc2ccccc2S1. The van der Waals surface area contributed by atoms with Crippen LogP contribution < -0.4 is 5.32 Å². The average Bonchev–Trinajstić information content (AvgIpc) is 2.92. The number of nitrogens with one attached hydrogen (secondary N) is 1. The van der Waals surface area contributed by atoms with E-state index in [1.165, 1.54) is 16.5 Å². The van der Waals surface area contributed by atoms with Crippen LogP contribution in [0.1, 0.15) is 11.1 Å². The van der Waals surface area contributed by atoms with Crippen molar-refractivity contribution in [3.05, 3.63) is 64.4 Å². The standard InChI is InChI=1S/C17H17ClFNS/c1-20-15(9-11-6-7-14(19)13(18)8-11)17-10-12-4-2-3-5-16(12)21-17/h2-8,15,17,20H,9-10H2,1H3. The highest BCUT2D eigenvalue weighted by Gasteiger charge is 2.28. The molecule has 1 heterocycles. The summed E-state index contributed by atoms with van der Waals surface area (Å²) in [6.07, 6.45) is 1.92. The smallest absolute Gasteiger partial charge is 0.141 e. The van der Waals surface area contributed by atoms with Crippen LogP contribution in [0.4, 0.5) is 4.39 Å². The van der Waals surface area contributed by atoms with Gasteiger partial charge in [-0.25, -0.2) is 4.39 Å². The third-order valence-electron chi connectivity index (χ3n) is 3.93. The molecule has 0 spiro atoms. The Balaban J connectivity index is 1.73. The quantitative estimate of drug-likeness (QED) is 0.899. The van der Waals surface area contributed by atoms with Crippen molar-refractivity contribution in [2.24, 2.45) is 0 Å². The van der Waals surface area contributed by atoms with Crippen molar-refractivity contribution in [1.29, 1.82) is 0 Å². The van der Waals surface area contributed by atoms with Crippen molar-refractivity contribution in [2.45, 2.75) is 29.0 Å². The van der Waals surface area contributed by atoms with E-state index in [4.69, 9.17) is 11.6 Å². The Morgan fingerprint density at radius 2 is 2.14 bits per heavy atom. The first-order valence-corrected chi connectivity index (χ1v) is 8.29. The van der Waals surface area contributed by atoms with Crippen LogP contribution >= 0.6 is 23.4 Å². The van der Waals surface area contributed by atoms with Crippen LogP contribution in [0, 0.1) is 5.82 Å². The molecule has 1 N–H and O–H groups in total. The van der Waals surface area contributed by atoms with E-state index in [9.17, 15) is 4.39 Å². The van der Waals surface area contributed by atoms with E-state index in [2.05, 4.69) is 29.6 Å². The van der Waals surface area contributed by atoms with Gasteiger partial charge in [0.2, 0.25) is 0 Å². The molecule has 2 aromatic carbocycles. The normalized spacial score (nSPS) is 18.5. The van der Waals surface area contributed by atoms with Crippen molar-refractivity contribution in [2.75, 3.05) is 7.05 Å². The molecule has 4 heteroatoms. The zero-order valence-corrected chi connectivity index (χ0v) is 13.3. The number of fused-ring (bicyclic) bond motifs is 1. The molecule has 0 bridgehead atoms. The minimum atomic E-state index is -0.357. The highest BCUT2D eigenvalue weighted by molar-refractivity contribution is 8.00. The number of halogens is 2. The van der Waals surface area contributed by atoms with Gasteiger partial charge in [-0.15, -0.1) is 11.8 Å². The van der Waals surface area contributed by atoms with Crippen molar-refractivity contribution >= 4 is 23.4 Å². The Kier molecular flexibility index (Phi) is 4.53. The highest BCUT2D eigenvalue weighted by Crippen LogP contribution is 2.39. The van der Waals surface area contributed by atoms with Gasteiger partial charge in [-0.2, -0.15) is 0 Å². The lowest BCUT2D eigenvalue weighted by molar-refractivity contribution is 0.536. The molecule has 2 unspecified atom stereocenters. The Morgan fingerprint density at radius 3 is 2.86 bits per heavy atom. The van der Waals surface area contributed by atoms with Crippen LogP contribution in [0.3, 0.4) is 0 Å². The maximum absolute atomic E-state index is 13.2. The van der Waals surface area contributed by atoms with Crippen LogP contribution in [0.5, 0.6) is 0 Å². The van der Waals surface area contributed by atoms with E-state index in [-0.39, 0.29) is 10.8 Å². The lowest BCUT2D eigenvalue weighted by Crippen LogP contribution is -2.37. The summed E-state index contributed by atoms with van der Waals surface area (Å²) in [5, 5.41) is 4.10. The summed E-state index contributed by atoms with van der Waals surface area (Å²) in [5.74, 6) is -0.357. The van der Waals surface area contributed by atoms with Crippen molar-refractivity contribution < 1.29 is 4.39 Å². The van der Waals surface area contributed by atoms with Crippen molar-refractivity contribution in [1.82, 2.24) is 5.32 Å². The fourth-order valence-electron chi connectivity index (χ4n) is 2.77. The van der Waals surface area contributed by atoms with E-state index in [1.807, 2.05) is 24.9 Å². The fraction of sp³-hybridized carbons (Fsp3) is 0.294. The van der Waals surface area contributed by atoms with Gasteiger partial charge in [0.25, 0.3) is 0 Å². The third kappa shape index (κ3) is 3.25. The van der Waals surface area contributed by atoms with Gasteiger partial charge in [-0.3, -0.25) is 0 Å². The average molecular weight is 322 g/mol. The van der Waals surface area contributed by atoms with E-state index in [0.29, 0.717) is 11.3 Å². The van der Waals surface area contributed by atoms with Gasteiger partial charge in [0, 0.05) is 16.2 Å². The Labute approximate surface area is 133 Å². The number of benzene rings is 2. The van der Waals surface area contributed by atoms with Gasteiger partial charge in [0.15, 0.2) is 0 Å². The molecule has 21 heavy (non-hydrogen) atoms. The summed E-state index contributed by atoms with van der Waals surface area (Å²) in [6, 6.07) is 13.9. The Hall–Kier alpha value is -1.03. The highest BCUT2D eigenvalue weighted by atomic mass is 35.5. The summed E-state index contributed by atoms with van der Waals surface area (Å²) >= 11 is 7.80. The molecule has 0 fully saturated rings. The summed E-state index contributed by atoms with van der Waals surface area (Å²) in [4.78, 5) is 1.37. The predicted molar refractivity (Wildman–Crippen MR) is 87.8 cm³/mol. The van der Waals surface area contributed by atoms with Gasteiger partial charge < -0.3 is 5.32 Å². The molecular weight excluding hydrogens is 305 g/mol. The van der Waals surface area contributed by atoms with Gasteiger partial charge in [0.1, 0.15) is 5.82 Å². The molecule has 1 nitrogen and oxygen atoms in total. The summed E-state index contributed by atoms with van der Waals surface area (Å²) < 4.78 is 13.2. The van der Waals surface area contributed by atoms with Gasteiger partial charge in [0.05, 0.1) is 5.02 Å². The molecule has 0 saturated heterocycles. The zero-order valence-electron chi connectivity index (χ0n) is 11.8. The Bertz CT molecular complexity index is 621. The van der Waals surface area contributed by atoms with E-state index < -0.39 is 0 Å². The first kappa shape index (κ1) is 14.9. The van der Waals surface area contributed by atoms with Crippen LogP contribution in [0.25, 0.3) is 0 Å². The first-order chi connectivity index (χ1) is 10.2. The lowest BCUT2D eigenvalue weighted by atomic mass is 9.99. The first-order valence-electron chi connectivity index (χ1n) is 7.03. The molecule has 1 aliphatic rings. The predicted octanol–water partition coefficient (Wildman–Crippen LogP) is 4.33. The van der Waals surface area contributed by atoms with Gasteiger partial charge in [-0.05, 0) is 49.2 Å². The van der Waals surface area contributed by atoms with Crippen LogP contribution in [-0.2, 0) is 12.8 Å². The minimum Gasteiger partial charge on any atom is -0.316 e. The number of hydrogen-bond donors (Lipinski definition) is 1. The van der Waals surface area contributed by atoms with E-state index in [1.54, 1.807) is 6.07 Å². The number of thioether (sulfide) groups is 1. The topological polar surface area (TPSA) is 12.0 Å². The lowest BCUT2D eigenvalue weighted by Gasteiger charge is -2.22. The molecule has 2 atom stereocenters. The molecule has 0 aliphatic carbocycles.